The summed E-state index contributed by atoms with van der Waals surface area (Å²) in [6, 6.07) is 21.4. The highest BCUT2D eigenvalue weighted by molar-refractivity contribution is 5.94. The number of halogens is 1. The molecule has 5 nitrogen and oxygen atoms in total. The summed E-state index contributed by atoms with van der Waals surface area (Å²) in [6.45, 7) is 7.05. The lowest BCUT2D eigenvalue weighted by molar-refractivity contribution is -0.167. The molecule has 1 fully saturated rings. The van der Waals surface area contributed by atoms with Gasteiger partial charge in [0.25, 0.3) is 0 Å². The third kappa shape index (κ3) is 3.99. The zero-order valence-corrected chi connectivity index (χ0v) is 22.0. The molecule has 0 unspecified atom stereocenters. The minimum absolute atomic E-state index is 0.0606. The van der Waals surface area contributed by atoms with Gasteiger partial charge in [0, 0.05) is 34.2 Å². The molecule has 0 radical (unpaired) electrons. The second-order valence-electron chi connectivity index (χ2n) is 11.5. The highest BCUT2D eigenvalue weighted by Crippen LogP contribution is 2.59. The SMILES string of the molecule is Cc1cc(-n2c3c(c4c(OCc5ccccc5)cccc42)C2(CC(CC(=O)O)C2)OCC3(C)C)ccc1F. The number of hydrogen-bond acceptors (Lipinski definition) is 3. The van der Waals surface area contributed by atoms with Crippen molar-refractivity contribution in [1.82, 2.24) is 4.57 Å². The van der Waals surface area contributed by atoms with Crippen LogP contribution in [-0.2, 0) is 27.2 Å². The number of nitrogens with zero attached hydrogens (tertiary/aromatic N) is 1. The molecule has 2 heterocycles. The van der Waals surface area contributed by atoms with Crippen molar-refractivity contribution in [2.45, 2.75) is 57.7 Å². The second-order valence-corrected chi connectivity index (χ2v) is 11.5. The number of carboxylic acid groups (broad SMARTS) is 1. The van der Waals surface area contributed by atoms with Crippen LogP contribution in [0.3, 0.4) is 0 Å². The predicted octanol–water partition coefficient (Wildman–Crippen LogP) is 7.04. The first kappa shape index (κ1) is 24.7. The Labute approximate surface area is 221 Å². The van der Waals surface area contributed by atoms with Gasteiger partial charge >= 0.3 is 5.97 Å². The summed E-state index contributed by atoms with van der Waals surface area (Å²) in [4.78, 5) is 11.5. The van der Waals surface area contributed by atoms with Crippen molar-refractivity contribution >= 4 is 16.9 Å². The Morgan fingerprint density at radius 3 is 2.58 bits per heavy atom. The summed E-state index contributed by atoms with van der Waals surface area (Å²) < 4.78 is 29.7. The van der Waals surface area contributed by atoms with Gasteiger partial charge in [-0.15, -0.1) is 0 Å². The lowest BCUT2D eigenvalue weighted by Crippen LogP contribution is -2.51. The Hall–Kier alpha value is -3.64. The quantitative estimate of drug-likeness (QED) is 0.300. The summed E-state index contributed by atoms with van der Waals surface area (Å²) in [5, 5.41) is 10.4. The maximum Gasteiger partial charge on any atom is 0.303 e. The fourth-order valence-electron chi connectivity index (χ4n) is 6.33. The molecule has 6 rings (SSSR count). The van der Waals surface area contributed by atoms with E-state index in [9.17, 15) is 14.3 Å². The maximum atomic E-state index is 14.3. The van der Waals surface area contributed by atoms with Crippen LogP contribution in [0.25, 0.3) is 16.6 Å². The number of aliphatic carboxylic acids is 1. The van der Waals surface area contributed by atoms with Crippen LogP contribution < -0.4 is 4.74 Å². The van der Waals surface area contributed by atoms with Gasteiger partial charge in [0.15, 0.2) is 0 Å². The fourth-order valence-corrected chi connectivity index (χ4v) is 6.33. The summed E-state index contributed by atoms with van der Waals surface area (Å²) in [5.41, 5.74) is 4.81. The molecule has 3 aromatic carbocycles. The van der Waals surface area contributed by atoms with E-state index < -0.39 is 11.6 Å². The predicted molar refractivity (Wildman–Crippen MR) is 144 cm³/mol. The first-order chi connectivity index (χ1) is 18.2. The Bertz CT molecular complexity index is 1530. The van der Waals surface area contributed by atoms with Gasteiger partial charge in [0.1, 0.15) is 18.2 Å². The van der Waals surface area contributed by atoms with Crippen LogP contribution in [0.5, 0.6) is 5.75 Å². The van der Waals surface area contributed by atoms with Crippen LogP contribution in [0.1, 0.15) is 55.5 Å². The number of carboxylic acids is 1. The van der Waals surface area contributed by atoms with E-state index in [2.05, 4.69) is 24.5 Å². The number of aromatic nitrogens is 1. The topological polar surface area (TPSA) is 60.7 Å². The summed E-state index contributed by atoms with van der Waals surface area (Å²) in [5.74, 6) is -0.189. The number of benzene rings is 3. The first-order valence-corrected chi connectivity index (χ1v) is 13.2. The number of ether oxygens (including phenoxy) is 2. The zero-order chi connectivity index (χ0) is 26.7. The van der Waals surface area contributed by atoms with E-state index in [4.69, 9.17) is 9.47 Å². The van der Waals surface area contributed by atoms with Gasteiger partial charge < -0.3 is 19.1 Å². The third-order valence-electron chi connectivity index (χ3n) is 8.10. The van der Waals surface area contributed by atoms with Gasteiger partial charge in [-0.1, -0.05) is 50.2 Å². The Balaban J connectivity index is 1.58. The molecule has 38 heavy (non-hydrogen) atoms. The molecule has 1 spiro atoms. The van der Waals surface area contributed by atoms with Crippen LogP contribution in [0.4, 0.5) is 4.39 Å². The van der Waals surface area contributed by atoms with E-state index in [0.29, 0.717) is 31.6 Å². The molecule has 1 saturated carbocycles. The molecular weight excluding hydrogens is 481 g/mol. The van der Waals surface area contributed by atoms with Crippen molar-refractivity contribution in [3.8, 4) is 11.4 Å². The average Bonchev–Trinajstić information content (AvgIpc) is 3.23. The van der Waals surface area contributed by atoms with Gasteiger partial charge in [-0.3, -0.25) is 4.79 Å². The highest BCUT2D eigenvalue weighted by Gasteiger charge is 2.55. The van der Waals surface area contributed by atoms with Crippen LogP contribution in [0.15, 0.2) is 66.7 Å². The average molecular weight is 514 g/mol. The van der Waals surface area contributed by atoms with Gasteiger partial charge in [-0.25, -0.2) is 4.39 Å². The molecule has 1 aromatic heterocycles. The number of aryl methyl sites for hydroxylation is 1. The monoisotopic (exact) mass is 513 g/mol. The van der Waals surface area contributed by atoms with Crippen molar-refractivity contribution in [2.24, 2.45) is 5.92 Å². The standard InChI is InChI=1S/C32H32FNO4/c1-20-14-23(12-13-24(20)33)34-25-10-7-11-26(37-18-21-8-5-4-6-9-21)28(25)29-30(34)31(2,3)19-38-32(29)16-22(17-32)15-27(35)36/h4-14,22H,15-19H2,1-3H3,(H,35,36). The number of fused-ring (bicyclic) bond motifs is 4. The van der Waals surface area contributed by atoms with E-state index in [1.165, 1.54) is 6.07 Å². The highest BCUT2D eigenvalue weighted by atomic mass is 19.1. The van der Waals surface area contributed by atoms with Crippen molar-refractivity contribution in [3.63, 3.8) is 0 Å². The second kappa shape index (κ2) is 8.98. The summed E-state index contributed by atoms with van der Waals surface area (Å²) in [6.07, 6.45) is 1.44. The van der Waals surface area contributed by atoms with Gasteiger partial charge in [0.2, 0.25) is 0 Å². The van der Waals surface area contributed by atoms with Crippen LogP contribution in [-0.4, -0.2) is 22.2 Å². The normalized spacial score (nSPS) is 21.7. The minimum atomic E-state index is -0.780. The van der Waals surface area contributed by atoms with E-state index in [-0.39, 0.29) is 23.6 Å². The molecule has 0 amide bonds. The molecule has 2 aliphatic rings. The lowest BCUT2D eigenvalue weighted by atomic mass is 9.62. The van der Waals surface area contributed by atoms with Crippen molar-refractivity contribution in [2.75, 3.05) is 6.61 Å². The van der Waals surface area contributed by atoms with Crippen LogP contribution in [0, 0.1) is 18.7 Å². The molecule has 1 N–H and O–H groups in total. The van der Waals surface area contributed by atoms with E-state index in [1.807, 2.05) is 54.6 Å². The number of carbonyl (C=O) groups is 1. The molecule has 0 bridgehead atoms. The molecule has 1 aliphatic carbocycles. The van der Waals surface area contributed by atoms with Gasteiger partial charge in [-0.2, -0.15) is 0 Å². The maximum absolute atomic E-state index is 14.3. The smallest absolute Gasteiger partial charge is 0.303 e. The van der Waals surface area contributed by atoms with Gasteiger partial charge in [0.05, 0.1) is 17.7 Å². The Kier molecular flexibility index (Phi) is 5.84. The molecular formula is C32H32FNO4. The van der Waals surface area contributed by atoms with E-state index >= 15 is 0 Å². The largest absolute Gasteiger partial charge is 0.488 e. The van der Waals surface area contributed by atoms with Crippen molar-refractivity contribution in [1.29, 1.82) is 0 Å². The third-order valence-corrected chi connectivity index (χ3v) is 8.10. The number of hydrogen-bond donors (Lipinski definition) is 1. The molecule has 4 aromatic rings. The Morgan fingerprint density at radius 2 is 1.87 bits per heavy atom. The molecule has 6 heteroatoms. The fraction of sp³-hybridized carbons (Fsp3) is 0.344. The van der Waals surface area contributed by atoms with Gasteiger partial charge in [-0.05, 0) is 67.1 Å². The van der Waals surface area contributed by atoms with E-state index in [1.54, 1.807) is 6.92 Å². The summed E-state index contributed by atoms with van der Waals surface area (Å²) >= 11 is 0. The van der Waals surface area contributed by atoms with Crippen molar-refractivity contribution in [3.05, 3.63) is 94.9 Å². The summed E-state index contributed by atoms with van der Waals surface area (Å²) in [7, 11) is 0. The van der Waals surface area contributed by atoms with Crippen LogP contribution >= 0.6 is 0 Å². The van der Waals surface area contributed by atoms with Crippen molar-refractivity contribution < 1.29 is 23.8 Å². The first-order valence-electron chi connectivity index (χ1n) is 13.2. The Morgan fingerprint density at radius 1 is 1.11 bits per heavy atom. The van der Waals surface area contributed by atoms with E-state index in [0.717, 1.165) is 39.2 Å². The molecule has 0 saturated heterocycles. The lowest BCUT2D eigenvalue weighted by Gasteiger charge is -2.53. The minimum Gasteiger partial charge on any atom is -0.488 e. The molecule has 0 atom stereocenters. The molecule has 196 valence electrons. The zero-order valence-electron chi connectivity index (χ0n) is 22.0. The van der Waals surface area contributed by atoms with Crippen LogP contribution in [0.2, 0.25) is 0 Å². The molecule has 1 aliphatic heterocycles. The number of rotatable bonds is 6.